The van der Waals surface area contributed by atoms with Gasteiger partial charge in [-0.25, -0.2) is 4.98 Å². The number of hydrogen-bond acceptors (Lipinski definition) is 3. The van der Waals surface area contributed by atoms with Crippen molar-refractivity contribution in [3.63, 3.8) is 0 Å². The lowest BCUT2D eigenvalue weighted by molar-refractivity contribution is 0.273. The molecule has 94 valence electrons. The lowest BCUT2D eigenvalue weighted by atomic mass is 10.00. The number of thiazole rings is 1. The number of hydrogen-bond donors (Lipinski definition) is 1. The van der Waals surface area contributed by atoms with Crippen LogP contribution in [0.25, 0.3) is 0 Å². The molecule has 1 aliphatic rings. The average Bonchev–Trinajstić information content (AvgIpc) is 2.85. The molecule has 2 rings (SSSR count). The van der Waals surface area contributed by atoms with Gasteiger partial charge >= 0.3 is 0 Å². The monoisotopic (exact) mass is 252 g/mol. The van der Waals surface area contributed by atoms with Gasteiger partial charge in [0, 0.05) is 31.7 Å². The van der Waals surface area contributed by atoms with Crippen LogP contribution in [0, 0.1) is 5.92 Å². The second kappa shape index (κ2) is 6.00. The van der Waals surface area contributed by atoms with E-state index in [1.807, 2.05) is 18.6 Å². The first-order valence-electron chi connectivity index (χ1n) is 6.13. The average molecular weight is 252 g/mol. The first-order valence-corrected chi connectivity index (χ1v) is 7.01. The van der Waals surface area contributed by atoms with Gasteiger partial charge in [-0.2, -0.15) is 0 Å². The van der Waals surface area contributed by atoms with Crippen LogP contribution in [0.15, 0.2) is 16.6 Å². The molecule has 5 heteroatoms. The van der Waals surface area contributed by atoms with Crippen molar-refractivity contribution in [2.45, 2.75) is 26.3 Å². The summed E-state index contributed by atoms with van der Waals surface area (Å²) in [7, 11) is 1.85. The molecule has 4 nitrogen and oxygen atoms in total. The lowest BCUT2D eigenvalue weighted by Gasteiger charge is -2.32. The molecular formula is C12H20N4S. The van der Waals surface area contributed by atoms with E-state index in [4.69, 9.17) is 0 Å². The minimum Gasteiger partial charge on any atom is -0.350 e. The van der Waals surface area contributed by atoms with E-state index in [0.717, 1.165) is 36.5 Å². The van der Waals surface area contributed by atoms with E-state index < -0.39 is 0 Å². The molecule has 0 spiro atoms. The molecule has 0 atom stereocenters. The molecule has 17 heavy (non-hydrogen) atoms. The van der Waals surface area contributed by atoms with Crippen molar-refractivity contribution in [3.8, 4) is 0 Å². The minimum atomic E-state index is 0.774. The summed E-state index contributed by atoms with van der Waals surface area (Å²) in [6.45, 7) is 5.32. The quantitative estimate of drug-likeness (QED) is 0.646. The molecule has 2 heterocycles. The number of aliphatic imine (C=N–C) groups is 1. The van der Waals surface area contributed by atoms with Crippen LogP contribution in [0.3, 0.4) is 0 Å². The van der Waals surface area contributed by atoms with Crippen molar-refractivity contribution in [1.29, 1.82) is 0 Å². The predicted molar refractivity (Wildman–Crippen MR) is 72.3 cm³/mol. The normalized spacial score (nSPS) is 18.5. The number of likely N-dealkylation sites (tertiary alicyclic amines) is 1. The fourth-order valence-electron chi connectivity index (χ4n) is 2.05. The highest BCUT2D eigenvalue weighted by atomic mass is 32.1. The second-order valence-corrected chi connectivity index (χ2v) is 5.48. The Morgan fingerprint density at radius 3 is 2.94 bits per heavy atom. The number of aromatic nitrogens is 1. The van der Waals surface area contributed by atoms with Gasteiger partial charge in [0.15, 0.2) is 5.96 Å². The molecule has 0 aromatic carbocycles. The summed E-state index contributed by atoms with van der Waals surface area (Å²) in [4.78, 5) is 10.9. The Labute approximate surface area is 107 Å². The topological polar surface area (TPSA) is 40.5 Å². The molecule has 0 amide bonds. The number of rotatable bonds is 2. The number of nitrogens with zero attached hydrogens (tertiary/aromatic N) is 3. The Kier molecular flexibility index (Phi) is 4.36. The van der Waals surface area contributed by atoms with Crippen molar-refractivity contribution in [3.05, 3.63) is 16.6 Å². The van der Waals surface area contributed by atoms with Crippen LogP contribution >= 0.6 is 11.3 Å². The Morgan fingerprint density at radius 2 is 2.35 bits per heavy atom. The van der Waals surface area contributed by atoms with Crippen LogP contribution in [-0.4, -0.2) is 36.0 Å². The van der Waals surface area contributed by atoms with Gasteiger partial charge in [0.05, 0.1) is 6.54 Å². The van der Waals surface area contributed by atoms with E-state index in [2.05, 4.69) is 27.1 Å². The minimum absolute atomic E-state index is 0.774. The van der Waals surface area contributed by atoms with Gasteiger partial charge in [0.1, 0.15) is 5.01 Å². The van der Waals surface area contributed by atoms with Gasteiger partial charge in [0.25, 0.3) is 0 Å². The highest BCUT2D eigenvalue weighted by Crippen LogP contribution is 2.16. The van der Waals surface area contributed by atoms with Crippen LogP contribution < -0.4 is 5.32 Å². The van der Waals surface area contributed by atoms with Gasteiger partial charge in [-0.1, -0.05) is 6.92 Å². The van der Waals surface area contributed by atoms with E-state index >= 15 is 0 Å². The molecule has 0 unspecified atom stereocenters. The van der Waals surface area contributed by atoms with Gasteiger partial charge < -0.3 is 10.2 Å². The summed E-state index contributed by atoms with van der Waals surface area (Å²) in [5.41, 5.74) is 0. The Hall–Kier alpha value is -1.10. The molecule has 1 aliphatic heterocycles. The fraction of sp³-hybridized carbons (Fsp3) is 0.667. The molecule has 0 saturated carbocycles. The number of guanidine groups is 1. The van der Waals surface area contributed by atoms with Crippen molar-refractivity contribution < 1.29 is 0 Å². The van der Waals surface area contributed by atoms with Crippen LogP contribution in [-0.2, 0) is 6.54 Å². The highest BCUT2D eigenvalue weighted by Gasteiger charge is 2.18. The van der Waals surface area contributed by atoms with Crippen molar-refractivity contribution >= 4 is 17.3 Å². The van der Waals surface area contributed by atoms with Crippen LogP contribution in [0.5, 0.6) is 0 Å². The summed E-state index contributed by atoms with van der Waals surface area (Å²) < 4.78 is 0. The largest absolute Gasteiger partial charge is 0.350 e. The molecular weight excluding hydrogens is 232 g/mol. The second-order valence-electron chi connectivity index (χ2n) is 4.50. The van der Waals surface area contributed by atoms with E-state index in [1.165, 1.54) is 12.8 Å². The number of piperidine rings is 1. The fourth-order valence-corrected chi connectivity index (χ4v) is 2.60. The first-order chi connectivity index (χ1) is 8.29. The lowest BCUT2D eigenvalue weighted by Crippen LogP contribution is -2.45. The summed E-state index contributed by atoms with van der Waals surface area (Å²) in [5.74, 6) is 1.86. The zero-order valence-electron chi connectivity index (χ0n) is 10.5. The zero-order valence-corrected chi connectivity index (χ0v) is 11.3. The van der Waals surface area contributed by atoms with Crippen LogP contribution in [0.2, 0.25) is 0 Å². The third-order valence-electron chi connectivity index (χ3n) is 3.18. The smallest absolute Gasteiger partial charge is 0.193 e. The molecule has 1 fully saturated rings. The SMILES string of the molecule is CN=C(NCc1nccs1)N1CCC(C)CC1. The molecule has 1 aromatic heterocycles. The third kappa shape index (κ3) is 3.43. The molecule has 1 N–H and O–H groups in total. The third-order valence-corrected chi connectivity index (χ3v) is 3.96. The van der Waals surface area contributed by atoms with Crippen molar-refractivity contribution in [2.75, 3.05) is 20.1 Å². The Morgan fingerprint density at radius 1 is 1.59 bits per heavy atom. The van der Waals surface area contributed by atoms with E-state index in [1.54, 1.807) is 11.3 Å². The summed E-state index contributed by atoms with van der Waals surface area (Å²) in [5, 5.41) is 6.49. The maximum atomic E-state index is 4.34. The van der Waals surface area contributed by atoms with Gasteiger partial charge in [-0.05, 0) is 18.8 Å². The van der Waals surface area contributed by atoms with Gasteiger partial charge in [-0.15, -0.1) is 11.3 Å². The van der Waals surface area contributed by atoms with E-state index in [-0.39, 0.29) is 0 Å². The molecule has 1 aromatic rings. The number of nitrogens with one attached hydrogen (secondary N) is 1. The Balaban J connectivity index is 1.85. The first kappa shape index (κ1) is 12.4. The predicted octanol–water partition coefficient (Wildman–Crippen LogP) is 1.95. The van der Waals surface area contributed by atoms with Crippen molar-refractivity contribution in [1.82, 2.24) is 15.2 Å². The molecule has 0 aliphatic carbocycles. The summed E-state index contributed by atoms with van der Waals surface area (Å²) in [6, 6.07) is 0. The van der Waals surface area contributed by atoms with Gasteiger partial charge in [-0.3, -0.25) is 4.99 Å². The molecule has 1 saturated heterocycles. The summed E-state index contributed by atoms with van der Waals surface area (Å²) in [6.07, 6.45) is 4.36. The Bertz CT molecular complexity index is 353. The van der Waals surface area contributed by atoms with E-state index in [9.17, 15) is 0 Å². The van der Waals surface area contributed by atoms with E-state index in [0.29, 0.717) is 0 Å². The van der Waals surface area contributed by atoms with Crippen LogP contribution in [0.4, 0.5) is 0 Å². The summed E-state index contributed by atoms with van der Waals surface area (Å²) >= 11 is 1.68. The zero-order chi connectivity index (χ0) is 12.1. The van der Waals surface area contributed by atoms with Crippen molar-refractivity contribution in [2.24, 2.45) is 10.9 Å². The maximum Gasteiger partial charge on any atom is 0.193 e. The molecule has 0 bridgehead atoms. The van der Waals surface area contributed by atoms with Crippen LogP contribution in [0.1, 0.15) is 24.8 Å². The standard InChI is InChI=1S/C12H20N4S/c1-10-3-6-16(7-4-10)12(13-2)15-9-11-14-5-8-17-11/h5,8,10H,3-4,6-7,9H2,1-2H3,(H,13,15). The highest BCUT2D eigenvalue weighted by molar-refractivity contribution is 7.09. The molecule has 0 radical (unpaired) electrons. The van der Waals surface area contributed by atoms with Gasteiger partial charge in [0.2, 0.25) is 0 Å². The maximum absolute atomic E-state index is 4.34.